The van der Waals surface area contributed by atoms with Crippen molar-refractivity contribution in [3.8, 4) is 0 Å². The Balaban J connectivity index is 0.00000441. The van der Waals surface area contributed by atoms with Crippen LogP contribution in [0.4, 0.5) is 0 Å². The summed E-state index contributed by atoms with van der Waals surface area (Å²) in [6, 6.07) is 0. The van der Waals surface area contributed by atoms with Crippen LogP contribution in [-0.4, -0.2) is 62.8 Å². The summed E-state index contributed by atoms with van der Waals surface area (Å²) in [7, 11) is 1.84. The van der Waals surface area contributed by atoms with Gasteiger partial charge >= 0.3 is 0 Å². The number of morpholine rings is 1. The summed E-state index contributed by atoms with van der Waals surface area (Å²) < 4.78 is 5.43. The highest BCUT2D eigenvalue weighted by molar-refractivity contribution is 14.0. The smallest absolute Gasteiger partial charge is 0.191 e. The molecule has 0 aromatic heterocycles. The number of hydrogen-bond acceptors (Lipinski definition) is 3. The van der Waals surface area contributed by atoms with Gasteiger partial charge in [0.1, 0.15) is 0 Å². The van der Waals surface area contributed by atoms with Gasteiger partial charge in [-0.1, -0.05) is 26.7 Å². The average molecular weight is 426 g/mol. The number of ether oxygens (including phenoxy) is 1. The largest absolute Gasteiger partial charge is 0.379 e. The van der Waals surface area contributed by atoms with Crippen molar-refractivity contribution in [3.05, 3.63) is 0 Å². The van der Waals surface area contributed by atoms with Crippen molar-refractivity contribution in [1.29, 1.82) is 0 Å². The van der Waals surface area contributed by atoms with E-state index >= 15 is 0 Å². The van der Waals surface area contributed by atoms with Crippen LogP contribution >= 0.6 is 24.0 Å². The molecule has 6 heteroatoms. The van der Waals surface area contributed by atoms with Crippen molar-refractivity contribution >= 4 is 29.9 Å². The summed E-state index contributed by atoms with van der Waals surface area (Å²) >= 11 is 0. The third-order valence-corrected chi connectivity index (χ3v) is 4.49. The monoisotopic (exact) mass is 426 g/mol. The van der Waals surface area contributed by atoms with Crippen molar-refractivity contribution in [2.75, 3.05) is 46.4 Å². The molecule has 0 atom stereocenters. The fourth-order valence-corrected chi connectivity index (χ4v) is 2.62. The van der Waals surface area contributed by atoms with Crippen LogP contribution in [0.5, 0.6) is 0 Å². The number of guanidine groups is 1. The van der Waals surface area contributed by atoms with E-state index in [1.54, 1.807) is 0 Å². The molecule has 0 aliphatic carbocycles. The van der Waals surface area contributed by atoms with E-state index in [1.165, 1.54) is 12.8 Å². The molecule has 2 N–H and O–H groups in total. The first-order valence-electron chi connectivity index (χ1n) is 8.30. The molecule has 1 fully saturated rings. The van der Waals surface area contributed by atoms with Gasteiger partial charge < -0.3 is 15.4 Å². The first-order chi connectivity index (χ1) is 10.0. The Morgan fingerprint density at radius 2 is 1.77 bits per heavy atom. The molecular formula is C16H35IN4O. The van der Waals surface area contributed by atoms with Gasteiger partial charge in [-0.2, -0.15) is 0 Å². The molecule has 22 heavy (non-hydrogen) atoms. The molecule has 1 aliphatic rings. The van der Waals surface area contributed by atoms with E-state index in [2.05, 4.69) is 48.2 Å². The maximum atomic E-state index is 5.43. The second-order valence-electron chi connectivity index (χ2n) is 6.40. The molecule has 0 amide bonds. The molecule has 1 aliphatic heterocycles. The molecule has 0 saturated carbocycles. The fourth-order valence-electron chi connectivity index (χ4n) is 2.62. The Morgan fingerprint density at radius 1 is 1.18 bits per heavy atom. The van der Waals surface area contributed by atoms with Crippen molar-refractivity contribution in [2.45, 2.75) is 46.1 Å². The standard InChI is InChI=1S/C16H34N4O.HI/c1-6-14(7-2)12-18-15(17-5)19-13-16(3,4)20-8-10-21-11-9-20;/h14H,6-13H2,1-5H3,(H2,17,18,19);1H. The zero-order valence-electron chi connectivity index (χ0n) is 14.9. The maximum absolute atomic E-state index is 5.43. The Hall–Kier alpha value is -0.0800. The third kappa shape index (κ3) is 7.46. The van der Waals surface area contributed by atoms with Gasteiger partial charge in [0.25, 0.3) is 0 Å². The number of nitrogens with one attached hydrogen (secondary N) is 2. The summed E-state index contributed by atoms with van der Waals surface area (Å²) in [6.45, 7) is 14.6. The van der Waals surface area contributed by atoms with Crippen molar-refractivity contribution in [3.63, 3.8) is 0 Å². The molecule has 1 rings (SSSR count). The molecule has 0 aromatic carbocycles. The predicted molar refractivity (Wildman–Crippen MR) is 105 cm³/mol. The van der Waals surface area contributed by atoms with Crippen LogP contribution in [0.15, 0.2) is 4.99 Å². The van der Waals surface area contributed by atoms with Gasteiger partial charge in [-0.25, -0.2) is 0 Å². The van der Waals surface area contributed by atoms with Crippen LogP contribution in [0.3, 0.4) is 0 Å². The van der Waals surface area contributed by atoms with E-state index in [0.717, 1.165) is 51.3 Å². The summed E-state index contributed by atoms with van der Waals surface area (Å²) in [5.41, 5.74) is 0.107. The zero-order valence-corrected chi connectivity index (χ0v) is 17.3. The lowest BCUT2D eigenvalue weighted by Gasteiger charge is -2.41. The van der Waals surface area contributed by atoms with Crippen molar-refractivity contribution < 1.29 is 4.74 Å². The van der Waals surface area contributed by atoms with E-state index in [-0.39, 0.29) is 29.5 Å². The molecule has 132 valence electrons. The van der Waals surface area contributed by atoms with E-state index < -0.39 is 0 Å². The van der Waals surface area contributed by atoms with Crippen LogP contribution in [0.2, 0.25) is 0 Å². The van der Waals surface area contributed by atoms with Crippen molar-refractivity contribution in [2.24, 2.45) is 10.9 Å². The molecule has 1 heterocycles. The highest BCUT2D eigenvalue weighted by Gasteiger charge is 2.28. The van der Waals surface area contributed by atoms with E-state index in [0.29, 0.717) is 0 Å². The minimum atomic E-state index is 0. The van der Waals surface area contributed by atoms with Crippen LogP contribution in [0, 0.1) is 5.92 Å². The summed E-state index contributed by atoms with van der Waals surface area (Å²) in [5, 5.41) is 6.91. The van der Waals surface area contributed by atoms with E-state index in [4.69, 9.17) is 4.74 Å². The Kier molecular flexibility index (Phi) is 11.4. The van der Waals surface area contributed by atoms with E-state index in [9.17, 15) is 0 Å². The van der Waals surface area contributed by atoms with Gasteiger partial charge in [-0.15, -0.1) is 24.0 Å². The topological polar surface area (TPSA) is 48.9 Å². The minimum absolute atomic E-state index is 0. The normalized spacial score (nSPS) is 17.3. The van der Waals surface area contributed by atoms with Gasteiger partial charge in [0.05, 0.1) is 13.2 Å². The molecule has 0 bridgehead atoms. The molecule has 1 saturated heterocycles. The fraction of sp³-hybridized carbons (Fsp3) is 0.938. The van der Waals surface area contributed by atoms with Gasteiger partial charge in [0.2, 0.25) is 0 Å². The highest BCUT2D eigenvalue weighted by Crippen LogP contribution is 2.15. The number of hydrogen-bond donors (Lipinski definition) is 2. The average Bonchev–Trinajstić information content (AvgIpc) is 2.52. The predicted octanol–water partition coefficient (Wildman–Crippen LogP) is 2.32. The lowest BCUT2D eigenvalue weighted by Crippen LogP contribution is -2.56. The lowest BCUT2D eigenvalue weighted by atomic mass is 10.0. The minimum Gasteiger partial charge on any atom is -0.379 e. The lowest BCUT2D eigenvalue weighted by molar-refractivity contribution is -0.00834. The Labute approximate surface area is 153 Å². The first kappa shape index (κ1) is 21.9. The van der Waals surface area contributed by atoms with Gasteiger partial charge in [0.15, 0.2) is 5.96 Å². The quantitative estimate of drug-likeness (QED) is 0.373. The van der Waals surface area contributed by atoms with Gasteiger partial charge in [-0.05, 0) is 19.8 Å². The van der Waals surface area contributed by atoms with Crippen molar-refractivity contribution in [1.82, 2.24) is 15.5 Å². The Morgan fingerprint density at radius 3 is 2.27 bits per heavy atom. The molecule has 0 radical (unpaired) electrons. The zero-order chi connectivity index (χ0) is 15.7. The maximum Gasteiger partial charge on any atom is 0.191 e. The van der Waals surface area contributed by atoms with Gasteiger partial charge in [-0.3, -0.25) is 9.89 Å². The number of rotatable bonds is 7. The second-order valence-corrected chi connectivity index (χ2v) is 6.40. The first-order valence-corrected chi connectivity index (χ1v) is 8.30. The third-order valence-electron chi connectivity index (χ3n) is 4.49. The molecule has 0 unspecified atom stereocenters. The number of halogens is 1. The van der Waals surface area contributed by atoms with Gasteiger partial charge in [0, 0.05) is 38.8 Å². The summed E-state index contributed by atoms with van der Waals surface area (Å²) in [5.74, 6) is 1.62. The van der Waals surface area contributed by atoms with Crippen LogP contribution in [-0.2, 0) is 4.74 Å². The molecule has 5 nitrogen and oxygen atoms in total. The van der Waals surface area contributed by atoms with Crippen LogP contribution in [0.1, 0.15) is 40.5 Å². The number of aliphatic imine (C=N–C) groups is 1. The molecule has 0 aromatic rings. The Bertz CT molecular complexity index is 313. The van der Waals surface area contributed by atoms with E-state index in [1.807, 2.05) is 7.05 Å². The number of nitrogens with zero attached hydrogens (tertiary/aromatic N) is 2. The van der Waals surface area contributed by atoms with Crippen LogP contribution < -0.4 is 10.6 Å². The summed E-state index contributed by atoms with van der Waals surface area (Å²) in [4.78, 5) is 6.81. The highest BCUT2D eigenvalue weighted by atomic mass is 127. The molecular weight excluding hydrogens is 391 g/mol. The molecule has 0 spiro atoms. The SMILES string of the molecule is CCC(CC)CNC(=NC)NCC(C)(C)N1CCOCC1.I. The second kappa shape index (κ2) is 11.5. The van der Waals surface area contributed by atoms with Crippen LogP contribution in [0.25, 0.3) is 0 Å². The summed E-state index contributed by atoms with van der Waals surface area (Å²) in [6.07, 6.45) is 2.42.